The Bertz CT molecular complexity index is 1270. The van der Waals surface area contributed by atoms with Crippen molar-refractivity contribution in [2.45, 2.75) is 57.1 Å². The summed E-state index contributed by atoms with van der Waals surface area (Å²) < 4.78 is 17.1. The lowest BCUT2D eigenvalue weighted by Crippen LogP contribution is -2.52. The van der Waals surface area contributed by atoms with Crippen molar-refractivity contribution in [1.29, 1.82) is 5.26 Å². The fourth-order valence-corrected chi connectivity index (χ4v) is 5.10. The average Bonchev–Trinajstić information content (AvgIpc) is 3.49. The maximum atomic E-state index is 13.3. The number of rotatable bonds is 5. The molecule has 3 aromatic rings. The number of nitrogens with zero attached hydrogens (tertiary/aromatic N) is 2. The van der Waals surface area contributed by atoms with Crippen LogP contribution in [0.5, 0.6) is 0 Å². The number of likely N-dealkylation sites (tertiary alicyclic amines) is 1. The second-order valence-electron chi connectivity index (χ2n) is 9.90. The van der Waals surface area contributed by atoms with Gasteiger partial charge < -0.3 is 18.8 Å². The van der Waals surface area contributed by atoms with Gasteiger partial charge in [-0.05, 0) is 57.4 Å². The number of amides is 1. The molecule has 0 saturated carbocycles. The topological polar surface area (TPSA) is 92.8 Å². The molecule has 0 bridgehead atoms. The summed E-state index contributed by atoms with van der Waals surface area (Å²) in [5.74, 6) is 0.150. The molecule has 4 rings (SSSR count). The van der Waals surface area contributed by atoms with Crippen molar-refractivity contribution in [1.82, 2.24) is 4.90 Å². The smallest absolute Gasteiger partial charge is 0.410 e. The quantitative estimate of drug-likeness (QED) is 0.450. The van der Waals surface area contributed by atoms with Crippen LogP contribution in [-0.4, -0.2) is 42.3 Å². The monoisotopic (exact) mass is 474 g/mol. The number of carbonyl (C=O) groups is 2. The molecule has 2 aromatic carbocycles. The molecule has 1 aliphatic rings. The van der Waals surface area contributed by atoms with Gasteiger partial charge in [-0.25, -0.2) is 4.79 Å². The molecule has 1 saturated heterocycles. The van der Waals surface area contributed by atoms with Crippen molar-refractivity contribution in [3.8, 4) is 6.07 Å². The van der Waals surface area contributed by atoms with Gasteiger partial charge in [-0.1, -0.05) is 30.3 Å². The highest BCUT2D eigenvalue weighted by Crippen LogP contribution is 2.48. The summed E-state index contributed by atoms with van der Waals surface area (Å²) in [6.07, 6.45) is 2.57. The Morgan fingerprint density at radius 1 is 1.17 bits per heavy atom. The summed E-state index contributed by atoms with van der Waals surface area (Å²) in [6.45, 7) is 6.01. The predicted octanol–water partition coefficient (Wildman–Crippen LogP) is 5.55. The Kier molecular flexibility index (Phi) is 6.58. The van der Waals surface area contributed by atoms with Crippen LogP contribution in [0, 0.1) is 11.3 Å². The zero-order valence-corrected chi connectivity index (χ0v) is 20.5. The molecule has 7 heteroatoms. The minimum Gasteiger partial charge on any atom is -0.469 e. The summed E-state index contributed by atoms with van der Waals surface area (Å²) in [6, 6.07) is 16.7. The molecule has 1 unspecified atom stereocenters. The lowest BCUT2D eigenvalue weighted by molar-refractivity contribution is -0.142. The van der Waals surface area contributed by atoms with Crippen LogP contribution in [0.25, 0.3) is 10.8 Å². The molecule has 0 spiro atoms. The Labute approximate surface area is 205 Å². The lowest BCUT2D eigenvalue weighted by Gasteiger charge is -2.42. The lowest BCUT2D eigenvalue weighted by atomic mass is 9.68. The first-order valence-electron chi connectivity index (χ1n) is 11.7. The zero-order valence-electron chi connectivity index (χ0n) is 20.5. The van der Waals surface area contributed by atoms with Crippen molar-refractivity contribution in [3.63, 3.8) is 0 Å². The predicted molar refractivity (Wildman–Crippen MR) is 131 cm³/mol. The maximum absolute atomic E-state index is 13.3. The molecule has 1 fully saturated rings. The van der Waals surface area contributed by atoms with E-state index in [1.165, 1.54) is 7.11 Å². The first-order chi connectivity index (χ1) is 16.7. The third-order valence-corrected chi connectivity index (χ3v) is 6.52. The Morgan fingerprint density at radius 3 is 2.57 bits per heavy atom. The van der Waals surface area contributed by atoms with Crippen LogP contribution in [0.15, 0.2) is 59.2 Å². The van der Waals surface area contributed by atoms with Gasteiger partial charge in [-0.15, -0.1) is 0 Å². The summed E-state index contributed by atoms with van der Waals surface area (Å²) in [5.41, 5.74) is -0.337. The fraction of sp³-hybridized carbons (Fsp3) is 0.393. The molecule has 1 amide bonds. The van der Waals surface area contributed by atoms with E-state index in [1.54, 1.807) is 23.3 Å². The molecule has 1 aromatic heterocycles. The second kappa shape index (κ2) is 9.46. The van der Waals surface area contributed by atoms with Crippen LogP contribution in [0.3, 0.4) is 0 Å². The first kappa shape index (κ1) is 24.3. The SMILES string of the molecule is COC(=O)CC(c1ccccc1)(c1occ2cc(C#N)ccc12)[C@@H]1CCCN1C(=O)OC(C)(C)C. The van der Waals surface area contributed by atoms with Crippen LogP contribution in [0.1, 0.15) is 56.9 Å². The first-order valence-corrected chi connectivity index (χ1v) is 11.7. The number of fused-ring (bicyclic) bond motifs is 1. The minimum atomic E-state index is -1.03. The molecular weight excluding hydrogens is 444 g/mol. The normalized spacial score (nSPS) is 17.6. The van der Waals surface area contributed by atoms with Gasteiger partial charge in [0.05, 0.1) is 42.9 Å². The molecule has 7 nitrogen and oxygen atoms in total. The van der Waals surface area contributed by atoms with Gasteiger partial charge in [0, 0.05) is 17.3 Å². The molecular formula is C28H30N2O5. The van der Waals surface area contributed by atoms with E-state index < -0.39 is 29.1 Å². The van der Waals surface area contributed by atoms with Crippen LogP contribution in [0.2, 0.25) is 0 Å². The largest absolute Gasteiger partial charge is 0.469 e. The van der Waals surface area contributed by atoms with E-state index >= 15 is 0 Å². The molecule has 35 heavy (non-hydrogen) atoms. The van der Waals surface area contributed by atoms with E-state index in [4.69, 9.17) is 13.9 Å². The Hall–Kier alpha value is -3.79. The third-order valence-electron chi connectivity index (χ3n) is 6.52. The molecule has 182 valence electrons. The summed E-state index contributed by atoms with van der Waals surface area (Å²) in [4.78, 5) is 28.0. The fourth-order valence-electron chi connectivity index (χ4n) is 5.10. The Morgan fingerprint density at radius 2 is 1.91 bits per heavy atom. The summed E-state index contributed by atoms with van der Waals surface area (Å²) in [7, 11) is 1.36. The van der Waals surface area contributed by atoms with E-state index in [0.29, 0.717) is 24.3 Å². The third kappa shape index (κ3) is 4.61. The number of benzene rings is 2. The summed E-state index contributed by atoms with van der Waals surface area (Å²) in [5, 5.41) is 10.9. The van der Waals surface area contributed by atoms with Crippen LogP contribution in [0.4, 0.5) is 4.79 Å². The van der Waals surface area contributed by atoms with Crippen LogP contribution < -0.4 is 0 Å². The molecule has 0 aliphatic carbocycles. The molecule has 1 aliphatic heterocycles. The van der Waals surface area contributed by atoms with Crippen molar-refractivity contribution in [2.75, 3.05) is 13.7 Å². The number of methoxy groups -OCH3 is 1. The van der Waals surface area contributed by atoms with Gasteiger partial charge in [0.25, 0.3) is 0 Å². The zero-order chi connectivity index (χ0) is 25.2. The number of hydrogen-bond donors (Lipinski definition) is 0. The highest BCUT2D eigenvalue weighted by Gasteiger charge is 2.53. The van der Waals surface area contributed by atoms with Gasteiger partial charge in [0.15, 0.2) is 0 Å². The van der Waals surface area contributed by atoms with Gasteiger partial charge in [-0.3, -0.25) is 4.79 Å². The van der Waals surface area contributed by atoms with Gasteiger partial charge in [-0.2, -0.15) is 5.26 Å². The van der Waals surface area contributed by atoms with E-state index in [9.17, 15) is 14.9 Å². The van der Waals surface area contributed by atoms with Gasteiger partial charge in [0.2, 0.25) is 0 Å². The van der Waals surface area contributed by atoms with Crippen molar-refractivity contribution >= 4 is 22.8 Å². The van der Waals surface area contributed by atoms with Crippen molar-refractivity contribution in [3.05, 3.63) is 71.7 Å². The number of esters is 1. The molecule has 0 radical (unpaired) electrons. The van der Waals surface area contributed by atoms with E-state index in [2.05, 4.69) is 6.07 Å². The summed E-state index contributed by atoms with van der Waals surface area (Å²) >= 11 is 0. The van der Waals surface area contributed by atoms with Crippen LogP contribution >= 0.6 is 0 Å². The second-order valence-corrected chi connectivity index (χ2v) is 9.90. The number of ether oxygens (including phenoxy) is 2. The van der Waals surface area contributed by atoms with Crippen LogP contribution in [-0.2, 0) is 19.7 Å². The van der Waals surface area contributed by atoms with E-state index in [1.807, 2.05) is 57.2 Å². The van der Waals surface area contributed by atoms with E-state index in [-0.39, 0.29) is 6.42 Å². The molecule has 2 heterocycles. The highest BCUT2D eigenvalue weighted by atomic mass is 16.6. The Balaban J connectivity index is 1.97. The minimum absolute atomic E-state index is 0.0277. The number of furan rings is 1. The van der Waals surface area contributed by atoms with Gasteiger partial charge >= 0.3 is 12.1 Å². The van der Waals surface area contributed by atoms with Crippen molar-refractivity contribution in [2.24, 2.45) is 0 Å². The number of nitriles is 1. The standard InChI is InChI=1S/C28H30N2O5/c1-27(2,3)35-26(32)30-14-8-11-23(30)28(16-24(31)33-4,21-9-6-5-7-10-21)25-22-13-12-19(17-29)15-20(22)18-34-25/h5-7,9-10,12-13,15,18,23H,8,11,14,16H2,1-4H3/t23-,28?/m0/s1. The molecule has 0 N–H and O–H groups in total. The molecule has 2 atom stereocenters. The van der Waals surface area contributed by atoms with Crippen molar-refractivity contribution < 1.29 is 23.5 Å². The average molecular weight is 475 g/mol. The number of carbonyl (C=O) groups excluding carboxylic acids is 2. The number of hydrogen-bond acceptors (Lipinski definition) is 6. The van der Waals surface area contributed by atoms with E-state index in [0.717, 1.165) is 22.8 Å². The maximum Gasteiger partial charge on any atom is 0.410 e. The highest BCUT2D eigenvalue weighted by molar-refractivity contribution is 5.88. The van der Waals surface area contributed by atoms with Gasteiger partial charge in [0.1, 0.15) is 11.4 Å².